The van der Waals surface area contributed by atoms with Crippen molar-refractivity contribution in [1.29, 1.82) is 0 Å². The molecule has 0 aliphatic rings. The van der Waals surface area contributed by atoms with Gasteiger partial charge in [-0.05, 0) is 24.6 Å². The summed E-state index contributed by atoms with van der Waals surface area (Å²) in [4.78, 5) is 0. The lowest BCUT2D eigenvalue weighted by Gasteiger charge is -2.13. The van der Waals surface area contributed by atoms with E-state index in [-0.39, 0.29) is 11.9 Å². The first-order valence-corrected chi connectivity index (χ1v) is 5.64. The molecule has 3 nitrogen and oxygen atoms in total. The fraction of sp³-hybridized carbons (Fsp3) is 0.250. The van der Waals surface area contributed by atoms with Crippen LogP contribution in [-0.4, -0.2) is 9.78 Å². The third-order valence-corrected chi connectivity index (χ3v) is 3.06. The molecule has 0 spiro atoms. The summed E-state index contributed by atoms with van der Waals surface area (Å²) in [7, 11) is 0. The summed E-state index contributed by atoms with van der Waals surface area (Å²) in [5.41, 5.74) is 7.61. The van der Waals surface area contributed by atoms with Crippen molar-refractivity contribution in [2.75, 3.05) is 0 Å². The Labute approximate surface area is 104 Å². The zero-order valence-corrected chi connectivity index (χ0v) is 10.2. The molecule has 1 atom stereocenters. The van der Waals surface area contributed by atoms with E-state index in [0.717, 1.165) is 11.3 Å². The standard InChI is InChI=1S/C12H13ClFN3/c1-8-11(13)6-16-17(8)7-12(15)9-3-2-4-10(14)5-9/h2-6,12H,7,15H2,1H3. The summed E-state index contributed by atoms with van der Waals surface area (Å²) >= 11 is 5.90. The van der Waals surface area contributed by atoms with Gasteiger partial charge >= 0.3 is 0 Å². The molecule has 2 N–H and O–H groups in total. The Morgan fingerprint density at radius 3 is 2.88 bits per heavy atom. The molecule has 0 saturated heterocycles. The number of benzene rings is 1. The molecule has 0 radical (unpaired) electrons. The molecule has 2 aromatic rings. The van der Waals surface area contributed by atoms with Crippen LogP contribution in [0.15, 0.2) is 30.5 Å². The number of hydrogen-bond acceptors (Lipinski definition) is 2. The van der Waals surface area contributed by atoms with Crippen molar-refractivity contribution < 1.29 is 4.39 Å². The molecule has 0 aliphatic heterocycles. The van der Waals surface area contributed by atoms with Crippen LogP contribution in [0, 0.1) is 12.7 Å². The van der Waals surface area contributed by atoms with Crippen LogP contribution < -0.4 is 5.73 Å². The Bertz CT molecular complexity index is 524. The van der Waals surface area contributed by atoms with Crippen molar-refractivity contribution >= 4 is 11.6 Å². The van der Waals surface area contributed by atoms with Gasteiger partial charge in [-0.2, -0.15) is 5.10 Å². The van der Waals surface area contributed by atoms with Gasteiger partial charge in [0.2, 0.25) is 0 Å². The molecule has 5 heteroatoms. The largest absolute Gasteiger partial charge is 0.322 e. The lowest BCUT2D eigenvalue weighted by molar-refractivity contribution is 0.514. The quantitative estimate of drug-likeness (QED) is 0.914. The van der Waals surface area contributed by atoms with Crippen molar-refractivity contribution in [3.63, 3.8) is 0 Å². The fourth-order valence-corrected chi connectivity index (χ4v) is 1.78. The molecule has 1 aromatic heterocycles. The highest BCUT2D eigenvalue weighted by Crippen LogP contribution is 2.18. The maximum Gasteiger partial charge on any atom is 0.123 e. The van der Waals surface area contributed by atoms with Gasteiger partial charge in [0.05, 0.1) is 23.5 Å². The van der Waals surface area contributed by atoms with Gasteiger partial charge in [-0.25, -0.2) is 4.39 Å². The van der Waals surface area contributed by atoms with Crippen LogP contribution in [0.3, 0.4) is 0 Å². The summed E-state index contributed by atoms with van der Waals surface area (Å²) in [6.07, 6.45) is 1.58. The molecular formula is C12H13ClFN3. The first-order chi connectivity index (χ1) is 8.08. The molecule has 0 amide bonds. The normalized spacial score (nSPS) is 12.7. The van der Waals surface area contributed by atoms with Crippen LogP contribution in [0.1, 0.15) is 17.3 Å². The second-order valence-electron chi connectivity index (χ2n) is 3.92. The highest BCUT2D eigenvalue weighted by molar-refractivity contribution is 6.31. The predicted molar refractivity (Wildman–Crippen MR) is 65.3 cm³/mol. The Kier molecular flexibility index (Phi) is 3.45. The monoisotopic (exact) mass is 253 g/mol. The first-order valence-electron chi connectivity index (χ1n) is 5.27. The average molecular weight is 254 g/mol. The van der Waals surface area contributed by atoms with Gasteiger partial charge in [-0.15, -0.1) is 0 Å². The van der Waals surface area contributed by atoms with Gasteiger partial charge in [0.1, 0.15) is 5.82 Å². The molecule has 90 valence electrons. The molecule has 17 heavy (non-hydrogen) atoms. The van der Waals surface area contributed by atoms with Gasteiger partial charge in [0.15, 0.2) is 0 Å². The second kappa shape index (κ2) is 4.85. The van der Waals surface area contributed by atoms with E-state index in [1.54, 1.807) is 23.0 Å². The molecule has 0 fully saturated rings. The van der Waals surface area contributed by atoms with Crippen molar-refractivity contribution in [3.05, 3.63) is 52.6 Å². The Balaban J connectivity index is 2.17. The van der Waals surface area contributed by atoms with Gasteiger partial charge in [0.25, 0.3) is 0 Å². The van der Waals surface area contributed by atoms with Gasteiger partial charge in [-0.1, -0.05) is 23.7 Å². The van der Waals surface area contributed by atoms with E-state index in [1.165, 1.54) is 12.1 Å². The van der Waals surface area contributed by atoms with Crippen LogP contribution in [0.25, 0.3) is 0 Å². The number of nitrogens with zero attached hydrogens (tertiary/aromatic N) is 2. The third-order valence-electron chi connectivity index (χ3n) is 2.69. The minimum absolute atomic E-state index is 0.284. The highest BCUT2D eigenvalue weighted by Gasteiger charge is 2.11. The Morgan fingerprint density at radius 2 is 2.29 bits per heavy atom. The maximum atomic E-state index is 13.1. The van der Waals surface area contributed by atoms with Crippen LogP contribution >= 0.6 is 11.6 Å². The van der Waals surface area contributed by atoms with Crippen molar-refractivity contribution in [1.82, 2.24) is 9.78 Å². The van der Waals surface area contributed by atoms with Crippen molar-refractivity contribution in [2.24, 2.45) is 5.73 Å². The van der Waals surface area contributed by atoms with E-state index in [1.807, 2.05) is 6.92 Å². The number of aromatic nitrogens is 2. The van der Waals surface area contributed by atoms with Crippen LogP contribution in [0.4, 0.5) is 4.39 Å². The van der Waals surface area contributed by atoms with Gasteiger partial charge in [0, 0.05) is 6.04 Å². The zero-order valence-electron chi connectivity index (χ0n) is 9.40. The van der Waals surface area contributed by atoms with E-state index < -0.39 is 0 Å². The van der Waals surface area contributed by atoms with E-state index in [2.05, 4.69) is 5.10 Å². The average Bonchev–Trinajstić information content (AvgIpc) is 2.61. The molecule has 1 heterocycles. The van der Waals surface area contributed by atoms with Crippen LogP contribution in [-0.2, 0) is 6.54 Å². The molecule has 1 unspecified atom stereocenters. The van der Waals surface area contributed by atoms with E-state index in [4.69, 9.17) is 17.3 Å². The fourth-order valence-electron chi connectivity index (χ4n) is 1.64. The van der Waals surface area contributed by atoms with Gasteiger partial charge < -0.3 is 5.73 Å². The van der Waals surface area contributed by atoms with E-state index in [9.17, 15) is 4.39 Å². The van der Waals surface area contributed by atoms with Gasteiger partial charge in [-0.3, -0.25) is 4.68 Å². The number of hydrogen-bond donors (Lipinski definition) is 1. The second-order valence-corrected chi connectivity index (χ2v) is 4.33. The number of rotatable bonds is 3. The topological polar surface area (TPSA) is 43.8 Å². The molecule has 0 aliphatic carbocycles. The Hall–Kier alpha value is -1.39. The first kappa shape index (κ1) is 12.1. The van der Waals surface area contributed by atoms with E-state index in [0.29, 0.717) is 11.6 Å². The van der Waals surface area contributed by atoms with Crippen molar-refractivity contribution in [2.45, 2.75) is 19.5 Å². The number of halogens is 2. The van der Waals surface area contributed by atoms with Crippen LogP contribution in [0.5, 0.6) is 0 Å². The Morgan fingerprint density at radius 1 is 1.53 bits per heavy atom. The highest BCUT2D eigenvalue weighted by atomic mass is 35.5. The minimum atomic E-state index is -0.305. The predicted octanol–water partition coefficient (Wildman–Crippen LogP) is 2.68. The zero-order chi connectivity index (χ0) is 12.4. The number of nitrogens with two attached hydrogens (primary N) is 1. The maximum absolute atomic E-state index is 13.1. The lowest BCUT2D eigenvalue weighted by Crippen LogP contribution is -2.19. The van der Waals surface area contributed by atoms with Crippen LogP contribution in [0.2, 0.25) is 5.02 Å². The summed E-state index contributed by atoms with van der Waals surface area (Å²) in [5, 5.41) is 4.72. The SMILES string of the molecule is Cc1c(Cl)cnn1CC(N)c1cccc(F)c1. The molecule has 0 saturated carbocycles. The summed E-state index contributed by atoms with van der Waals surface area (Å²) in [6.45, 7) is 2.34. The third kappa shape index (κ3) is 2.65. The smallest absolute Gasteiger partial charge is 0.123 e. The summed E-state index contributed by atoms with van der Waals surface area (Å²) in [6, 6.07) is 5.97. The molecular weight excluding hydrogens is 241 g/mol. The van der Waals surface area contributed by atoms with E-state index >= 15 is 0 Å². The summed E-state index contributed by atoms with van der Waals surface area (Å²) in [5.74, 6) is -0.284. The lowest BCUT2D eigenvalue weighted by atomic mass is 10.1. The molecule has 0 bridgehead atoms. The summed E-state index contributed by atoms with van der Waals surface area (Å²) < 4.78 is 14.8. The minimum Gasteiger partial charge on any atom is -0.322 e. The molecule has 1 aromatic carbocycles. The van der Waals surface area contributed by atoms with Crippen molar-refractivity contribution in [3.8, 4) is 0 Å². The molecule has 2 rings (SSSR count).